The van der Waals surface area contributed by atoms with Crippen LogP contribution < -0.4 is 10.2 Å². The molecule has 0 saturated heterocycles. The van der Waals surface area contributed by atoms with Gasteiger partial charge in [0.05, 0.1) is 6.04 Å². The topological polar surface area (TPSA) is 79.4 Å². The Hall–Kier alpha value is -4.84. The molecule has 6 heteroatoms. The number of carbonyl (C=O) groups is 3. The Morgan fingerprint density at radius 1 is 0.763 bits per heavy atom. The predicted octanol–water partition coefficient (Wildman–Crippen LogP) is 5.85. The smallest absolute Gasteiger partial charge is 0.252 e. The van der Waals surface area contributed by atoms with Gasteiger partial charge in [0.25, 0.3) is 5.91 Å². The van der Waals surface area contributed by atoms with Gasteiger partial charge in [0, 0.05) is 29.7 Å². The second-order valence-electron chi connectivity index (χ2n) is 8.89. The summed E-state index contributed by atoms with van der Waals surface area (Å²) in [5.74, 6) is -1.13. The summed E-state index contributed by atoms with van der Waals surface area (Å²) in [6.07, 6.45) is 5.59. The van der Waals surface area contributed by atoms with Gasteiger partial charge in [-0.25, -0.2) is 0 Å². The molecule has 0 aliphatic rings. The summed E-state index contributed by atoms with van der Waals surface area (Å²) in [5.41, 5.74) is 4.00. The number of benzene rings is 3. The maximum absolute atomic E-state index is 13.8. The molecule has 1 heterocycles. The fraction of sp³-hybridized carbons (Fsp3) is 0.125. The summed E-state index contributed by atoms with van der Waals surface area (Å²) in [4.78, 5) is 44.7. The van der Waals surface area contributed by atoms with Gasteiger partial charge in [-0.1, -0.05) is 78.9 Å². The van der Waals surface area contributed by atoms with E-state index in [1.54, 1.807) is 36.7 Å². The van der Waals surface area contributed by atoms with Crippen molar-refractivity contribution in [2.45, 2.75) is 25.9 Å². The van der Waals surface area contributed by atoms with Crippen LogP contribution in [0, 0.1) is 0 Å². The maximum Gasteiger partial charge on any atom is 0.252 e. The summed E-state index contributed by atoms with van der Waals surface area (Å²) in [5, 5.41) is 3.05. The standard InChI is InChI=1S/C32H29N3O3/c1-23(36)15-20-30(37)35(29-18-16-27(17-19-29)26-12-7-4-8-13-26)31(28-14-9-21-33-22-28)32(38)34-24(2)25-10-5-3-6-11-25/h3-22,24,31H,1-2H3,(H,34,38)/b20-15+/t24-,31?/m0/s1. The van der Waals surface area contributed by atoms with Crippen molar-refractivity contribution >= 4 is 23.3 Å². The number of amides is 2. The zero-order valence-corrected chi connectivity index (χ0v) is 21.3. The van der Waals surface area contributed by atoms with E-state index in [9.17, 15) is 14.4 Å². The first kappa shape index (κ1) is 26.2. The lowest BCUT2D eigenvalue weighted by atomic mass is 10.0. The molecule has 6 nitrogen and oxygen atoms in total. The fourth-order valence-electron chi connectivity index (χ4n) is 4.19. The molecule has 4 rings (SSSR count). The molecule has 0 fully saturated rings. The molecule has 2 atom stereocenters. The van der Waals surface area contributed by atoms with Crippen molar-refractivity contribution in [1.82, 2.24) is 10.3 Å². The van der Waals surface area contributed by atoms with Crippen molar-refractivity contribution in [2.24, 2.45) is 0 Å². The first-order valence-corrected chi connectivity index (χ1v) is 12.4. The van der Waals surface area contributed by atoms with Crippen molar-refractivity contribution in [3.63, 3.8) is 0 Å². The molecule has 38 heavy (non-hydrogen) atoms. The molecule has 0 aliphatic carbocycles. The van der Waals surface area contributed by atoms with E-state index in [0.29, 0.717) is 11.3 Å². The van der Waals surface area contributed by atoms with Crippen LogP contribution >= 0.6 is 0 Å². The number of ketones is 1. The third kappa shape index (κ3) is 6.48. The lowest BCUT2D eigenvalue weighted by Gasteiger charge is -2.31. The van der Waals surface area contributed by atoms with Crippen molar-refractivity contribution in [1.29, 1.82) is 0 Å². The zero-order chi connectivity index (χ0) is 26.9. The first-order valence-electron chi connectivity index (χ1n) is 12.4. The summed E-state index contributed by atoms with van der Waals surface area (Å²) in [7, 11) is 0. The summed E-state index contributed by atoms with van der Waals surface area (Å²) in [6.45, 7) is 3.26. The number of hydrogen-bond donors (Lipinski definition) is 1. The van der Waals surface area contributed by atoms with Gasteiger partial charge in [-0.3, -0.25) is 24.3 Å². The van der Waals surface area contributed by atoms with E-state index in [-0.39, 0.29) is 17.7 Å². The van der Waals surface area contributed by atoms with Gasteiger partial charge in [0.15, 0.2) is 5.78 Å². The van der Waals surface area contributed by atoms with E-state index in [1.165, 1.54) is 24.0 Å². The highest BCUT2D eigenvalue weighted by Crippen LogP contribution is 2.31. The first-order chi connectivity index (χ1) is 18.4. The molecule has 1 unspecified atom stereocenters. The van der Waals surface area contributed by atoms with Gasteiger partial charge >= 0.3 is 0 Å². The van der Waals surface area contributed by atoms with Crippen molar-refractivity contribution < 1.29 is 14.4 Å². The quantitative estimate of drug-likeness (QED) is 0.291. The Morgan fingerprint density at radius 3 is 1.97 bits per heavy atom. The Balaban J connectivity index is 1.76. The number of pyridine rings is 1. The third-order valence-corrected chi connectivity index (χ3v) is 6.12. The van der Waals surface area contributed by atoms with E-state index in [0.717, 1.165) is 16.7 Å². The van der Waals surface area contributed by atoms with Gasteiger partial charge in [-0.2, -0.15) is 0 Å². The molecule has 2 amide bonds. The minimum absolute atomic E-state index is 0.266. The Bertz CT molecular complexity index is 1400. The lowest BCUT2D eigenvalue weighted by Crippen LogP contribution is -2.44. The second-order valence-corrected chi connectivity index (χ2v) is 8.89. The van der Waals surface area contributed by atoms with E-state index in [1.807, 2.05) is 79.7 Å². The average Bonchev–Trinajstić information content (AvgIpc) is 2.96. The Kier molecular flexibility index (Phi) is 8.57. The number of allylic oxidation sites excluding steroid dienone is 1. The molecule has 0 radical (unpaired) electrons. The number of rotatable bonds is 9. The highest BCUT2D eigenvalue weighted by molar-refractivity contribution is 6.09. The molecule has 0 spiro atoms. The number of nitrogens with one attached hydrogen (secondary N) is 1. The van der Waals surface area contributed by atoms with Gasteiger partial charge in [-0.15, -0.1) is 0 Å². The van der Waals surface area contributed by atoms with Crippen LogP contribution in [0.2, 0.25) is 0 Å². The van der Waals surface area contributed by atoms with Crippen LogP contribution in [-0.2, 0) is 14.4 Å². The van der Waals surface area contributed by atoms with E-state index in [4.69, 9.17) is 0 Å². The second kappa shape index (κ2) is 12.4. The zero-order valence-electron chi connectivity index (χ0n) is 21.3. The van der Waals surface area contributed by atoms with Crippen LogP contribution in [0.4, 0.5) is 5.69 Å². The van der Waals surface area contributed by atoms with Crippen LogP contribution in [0.5, 0.6) is 0 Å². The van der Waals surface area contributed by atoms with Gasteiger partial charge in [0.2, 0.25) is 5.91 Å². The monoisotopic (exact) mass is 503 g/mol. The largest absolute Gasteiger partial charge is 0.347 e. The summed E-state index contributed by atoms with van der Waals surface area (Å²) >= 11 is 0. The van der Waals surface area contributed by atoms with Crippen molar-refractivity contribution in [3.05, 3.63) is 133 Å². The molecule has 190 valence electrons. The molecular formula is C32H29N3O3. The molecule has 1 N–H and O–H groups in total. The minimum atomic E-state index is -1.03. The number of hydrogen-bond acceptors (Lipinski definition) is 4. The van der Waals surface area contributed by atoms with Gasteiger partial charge in [-0.05, 0) is 54.8 Å². The third-order valence-electron chi connectivity index (χ3n) is 6.12. The molecule has 1 aromatic heterocycles. The van der Waals surface area contributed by atoms with Gasteiger partial charge < -0.3 is 5.32 Å². The fourth-order valence-corrected chi connectivity index (χ4v) is 4.19. The Labute approximate surface area is 222 Å². The van der Waals surface area contributed by atoms with Crippen LogP contribution in [0.1, 0.15) is 37.1 Å². The van der Waals surface area contributed by atoms with Crippen molar-refractivity contribution in [3.8, 4) is 11.1 Å². The number of carbonyl (C=O) groups excluding carboxylic acids is 3. The molecular weight excluding hydrogens is 474 g/mol. The SMILES string of the molecule is CC(=O)/C=C/C(=O)N(c1ccc(-c2ccccc2)cc1)C(C(=O)N[C@@H](C)c1ccccc1)c1cccnc1. The van der Waals surface area contributed by atoms with E-state index in [2.05, 4.69) is 10.3 Å². The number of nitrogens with zero attached hydrogens (tertiary/aromatic N) is 2. The molecule has 0 bridgehead atoms. The van der Waals surface area contributed by atoms with E-state index < -0.39 is 11.9 Å². The number of aromatic nitrogens is 1. The number of anilines is 1. The summed E-state index contributed by atoms with van der Waals surface area (Å²) < 4.78 is 0. The highest BCUT2D eigenvalue weighted by Gasteiger charge is 2.33. The predicted molar refractivity (Wildman–Crippen MR) is 149 cm³/mol. The summed E-state index contributed by atoms with van der Waals surface area (Å²) in [6, 6.07) is 29.1. The van der Waals surface area contributed by atoms with E-state index >= 15 is 0 Å². The maximum atomic E-state index is 13.8. The average molecular weight is 504 g/mol. The molecule has 0 aliphatic heterocycles. The minimum Gasteiger partial charge on any atom is -0.347 e. The van der Waals surface area contributed by atoms with Gasteiger partial charge in [0.1, 0.15) is 6.04 Å². The normalized spacial score (nSPS) is 12.5. The van der Waals surface area contributed by atoms with Crippen LogP contribution in [-0.4, -0.2) is 22.6 Å². The van der Waals surface area contributed by atoms with Crippen LogP contribution in [0.3, 0.4) is 0 Å². The lowest BCUT2D eigenvalue weighted by molar-refractivity contribution is -0.125. The molecule has 0 saturated carbocycles. The Morgan fingerprint density at radius 2 is 1.37 bits per heavy atom. The van der Waals surface area contributed by atoms with Crippen molar-refractivity contribution in [2.75, 3.05) is 4.90 Å². The molecule has 3 aromatic carbocycles. The highest BCUT2D eigenvalue weighted by atomic mass is 16.2. The van der Waals surface area contributed by atoms with Crippen LogP contribution in [0.25, 0.3) is 11.1 Å². The molecule has 4 aromatic rings. The van der Waals surface area contributed by atoms with Crippen LogP contribution in [0.15, 0.2) is 122 Å².